The molecule has 2 heterocycles. The first-order valence-electron chi connectivity index (χ1n) is 6.53. The zero-order valence-electron chi connectivity index (χ0n) is 12.4. The number of aromatic carboxylic acids is 1. The number of hydrogen-bond acceptors (Lipinski definition) is 5. The van der Waals surface area contributed by atoms with Crippen molar-refractivity contribution in [3.05, 3.63) is 34.3 Å². The van der Waals surface area contributed by atoms with Gasteiger partial charge in [0.05, 0.1) is 11.1 Å². The minimum atomic E-state index is -3.76. The standard InChI is InChI=1S/C13H17N3O4S2/c1-9(2)16(7-10-5-14-15(3)6-10)22(19,20)11-4-12(13(17)18)21-8-11/h4-6,8-9H,7H2,1-3H3,(H,17,18). The minimum absolute atomic E-state index is 0.00339. The molecule has 0 unspecified atom stereocenters. The fourth-order valence-electron chi connectivity index (χ4n) is 1.98. The van der Waals surface area contributed by atoms with Crippen LogP contribution in [0.4, 0.5) is 0 Å². The Kier molecular flexibility index (Phi) is 4.69. The second-order valence-corrected chi connectivity index (χ2v) is 7.92. The Hall–Kier alpha value is -1.71. The number of aromatic nitrogens is 2. The van der Waals surface area contributed by atoms with E-state index in [0.29, 0.717) is 0 Å². The number of rotatable bonds is 6. The lowest BCUT2D eigenvalue weighted by Crippen LogP contribution is -2.36. The van der Waals surface area contributed by atoms with Crippen LogP contribution in [0, 0.1) is 0 Å². The number of carbonyl (C=O) groups is 1. The molecule has 9 heteroatoms. The maximum absolute atomic E-state index is 12.7. The molecule has 2 rings (SSSR count). The summed E-state index contributed by atoms with van der Waals surface area (Å²) in [5, 5.41) is 14.3. The maximum atomic E-state index is 12.7. The molecule has 0 radical (unpaired) electrons. The van der Waals surface area contributed by atoms with Gasteiger partial charge < -0.3 is 5.11 Å². The predicted octanol–water partition coefficient (Wildman–Crippen LogP) is 1.78. The van der Waals surface area contributed by atoms with Crippen LogP contribution in [0.3, 0.4) is 0 Å². The van der Waals surface area contributed by atoms with Crippen molar-refractivity contribution in [2.24, 2.45) is 7.05 Å². The smallest absolute Gasteiger partial charge is 0.345 e. The quantitative estimate of drug-likeness (QED) is 0.863. The van der Waals surface area contributed by atoms with Gasteiger partial charge in [0.25, 0.3) is 0 Å². The Morgan fingerprint density at radius 3 is 2.64 bits per heavy atom. The molecule has 7 nitrogen and oxygen atoms in total. The fourth-order valence-corrected chi connectivity index (χ4v) is 4.70. The van der Waals surface area contributed by atoms with Crippen molar-refractivity contribution in [2.45, 2.75) is 31.3 Å². The zero-order chi connectivity index (χ0) is 16.5. The molecular formula is C13H17N3O4S2. The first-order valence-corrected chi connectivity index (χ1v) is 8.85. The van der Waals surface area contributed by atoms with Crippen LogP contribution in [0.1, 0.15) is 29.1 Å². The Balaban J connectivity index is 2.35. The van der Waals surface area contributed by atoms with Crippen LogP contribution in [0.25, 0.3) is 0 Å². The molecular weight excluding hydrogens is 326 g/mol. The molecule has 0 spiro atoms. The van der Waals surface area contributed by atoms with E-state index in [1.54, 1.807) is 38.0 Å². The van der Waals surface area contributed by atoms with Gasteiger partial charge in [0.1, 0.15) is 4.88 Å². The van der Waals surface area contributed by atoms with E-state index in [-0.39, 0.29) is 22.4 Å². The van der Waals surface area contributed by atoms with E-state index in [1.165, 1.54) is 15.8 Å². The molecule has 0 aromatic carbocycles. The van der Waals surface area contributed by atoms with Crippen LogP contribution in [0.15, 0.2) is 28.7 Å². The molecule has 0 bridgehead atoms. The van der Waals surface area contributed by atoms with E-state index in [9.17, 15) is 13.2 Å². The normalized spacial score (nSPS) is 12.2. The van der Waals surface area contributed by atoms with Gasteiger partial charge in [0, 0.05) is 36.8 Å². The fraction of sp³-hybridized carbons (Fsp3) is 0.385. The lowest BCUT2D eigenvalue weighted by atomic mass is 10.3. The van der Waals surface area contributed by atoms with Gasteiger partial charge in [0.2, 0.25) is 10.0 Å². The van der Waals surface area contributed by atoms with Gasteiger partial charge in [-0.3, -0.25) is 4.68 Å². The summed E-state index contributed by atoms with van der Waals surface area (Å²) in [5.41, 5.74) is 0.772. The summed E-state index contributed by atoms with van der Waals surface area (Å²) in [7, 11) is -2.00. The van der Waals surface area contributed by atoms with Crippen molar-refractivity contribution in [3.63, 3.8) is 0 Å². The van der Waals surface area contributed by atoms with Gasteiger partial charge in [-0.15, -0.1) is 11.3 Å². The van der Waals surface area contributed by atoms with E-state index in [2.05, 4.69) is 5.10 Å². The Labute approximate surface area is 132 Å². The van der Waals surface area contributed by atoms with Gasteiger partial charge in [-0.1, -0.05) is 0 Å². The second kappa shape index (κ2) is 6.19. The molecule has 2 aromatic rings. The first kappa shape index (κ1) is 16.7. The lowest BCUT2D eigenvalue weighted by molar-refractivity contribution is 0.0702. The van der Waals surface area contributed by atoms with Gasteiger partial charge in [-0.25, -0.2) is 13.2 Å². The van der Waals surface area contributed by atoms with Gasteiger partial charge in [-0.2, -0.15) is 9.40 Å². The molecule has 2 aromatic heterocycles. The van der Waals surface area contributed by atoms with Crippen LogP contribution in [-0.2, 0) is 23.6 Å². The number of hydrogen-bond donors (Lipinski definition) is 1. The topological polar surface area (TPSA) is 92.5 Å². The molecule has 0 aliphatic heterocycles. The summed E-state index contributed by atoms with van der Waals surface area (Å²) in [5.74, 6) is -1.13. The molecule has 1 N–H and O–H groups in total. The van der Waals surface area contributed by atoms with Gasteiger partial charge >= 0.3 is 5.97 Å². The summed E-state index contributed by atoms with van der Waals surface area (Å²) in [6.07, 6.45) is 3.36. The Morgan fingerprint density at radius 2 is 2.18 bits per heavy atom. The maximum Gasteiger partial charge on any atom is 0.345 e. The first-order chi connectivity index (χ1) is 10.2. The molecule has 0 fully saturated rings. The van der Waals surface area contributed by atoms with E-state index >= 15 is 0 Å². The average molecular weight is 343 g/mol. The molecule has 0 amide bonds. The Morgan fingerprint density at radius 1 is 1.50 bits per heavy atom. The highest BCUT2D eigenvalue weighted by molar-refractivity contribution is 7.89. The highest BCUT2D eigenvalue weighted by atomic mass is 32.2. The second-order valence-electron chi connectivity index (χ2n) is 5.12. The third-order valence-corrected chi connectivity index (χ3v) is 6.13. The number of nitrogens with zero attached hydrogens (tertiary/aromatic N) is 3. The number of aryl methyl sites for hydroxylation is 1. The van der Waals surface area contributed by atoms with Crippen molar-refractivity contribution in [1.82, 2.24) is 14.1 Å². The Bertz CT molecular complexity index is 777. The van der Waals surface area contributed by atoms with Crippen molar-refractivity contribution >= 4 is 27.3 Å². The summed E-state index contributed by atoms with van der Waals surface area (Å²) in [6.45, 7) is 3.74. The number of thiophene rings is 1. The molecule has 0 saturated heterocycles. The van der Waals surface area contributed by atoms with Crippen molar-refractivity contribution in [1.29, 1.82) is 0 Å². The molecule has 120 valence electrons. The van der Waals surface area contributed by atoms with E-state index < -0.39 is 16.0 Å². The molecule has 0 aliphatic rings. The van der Waals surface area contributed by atoms with E-state index in [4.69, 9.17) is 5.11 Å². The summed E-state index contributed by atoms with van der Waals surface area (Å²) >= 11 is 0.902. The van der Waals surface area contributed by atoms with Crippen LogP contribution in [0.2, 0.25) is 0 Å². The third-order valence-electron chi connectivity index (χ3n) is 3.07. The molecule has 0 aliphatic carbocycles. The van der Waals surface area contributed by atoms with Gasteiger partial charge in [0.15, 0.2) is 0 Å². The summed E-state index contributed by atoms with van der Waals surface area (Å²) < 4.78 is 28.4. The lowest BCUT2D eigenvalue weighted by Gasteiger charge is -2.24. The highest BCUT2D eigenvalue weighted by Gasteiger charge is 2.29. The van der Waals surface area contributed by atoms with Crippen molar-refractivity contribution in [2.75, 3.05) is 0 Å². The minimum Gasteiger partial charge on any atom is -0.477 e. The largest absolute Gasteiger partial charge is 0.477 e. The predicted molar refractivity (Wildman–Crippen MR) is 82.4 cm³/mol. The average Bonchev–Trinajstić information content (AvgIpc) is 3.04. The SMILES string of the molecule is CC(C)N(Cc1cnn(C)c1)S(=O)(=O)c1csc(C(=O)O)c1. The van der Waals surface area contributed by atoms with Gasteiger partial charge in [-0.05, 0) is 19.9 Å². The van der Waals surface area contributed by atoms with Crippen molar-refractivity contribution < 1.29 is 18.3 Å². The third kappa shape index (κ3) is 3.37. The van der Waals surface area contributed by atoms with Crippen LogP contribution in [0.5, 0.6) is 0 Å². The highest BCUT2D eigenvalue weighted by Crippen LogP contribution is 2.25. The van der Waals surface area contributed by atoms with E-state index in [0.717, 1.165) is 16.9 Å². The number of carboxylic acid groups (broad SMARTS) is 1. The summed E-state index contributed by atoms with van der Waals surface area (Å²) in [4.78, 5) is 10.9. The number of carboxylic acids is 1. The van der Waals surface area contributed by atoms with Crippen molar-refractivity contribution in [3.8, 4) is 0 Å². The van der Waals surface area contributed by atoms with Crippen LogP contribution >= 0.6 is 11.3 Å². The van der Waals surface area contributed by atoms with Crippen LogP contribution < -0.4 is 0 Å². The zero-order valence-corrected chi connectivity index (χ0v) is 14.1. The summed E-state index contributed by atoms with van der Waals surface area (Å²) in [6, 6.07) is 0.930. The monoisotopic (exact) mass is 343 g/mol. The van der Waals surface area contributed by atoms with E-state index in [1.807, 2.05) is 0 Å². The molecule has 22 heavy (non-hydrogen) atoms. The molecule has 0 atom stereocenters. The number of sulfonamides is 1. The molecule has 0 saturated carbocycles. The van der Waals surface area contributed by atoms with Crippen LogP contribution in [-0.4, -0.2) is 39.6 Å².